The zero-order valence-corrected chi connectivity index (χ0v) is 19.4. The fourth-order valence-electron chi connectivity index (χ4n) is 3.73. The topological polar surface area (TPSA) is 45.6 Å². The highest BCUT2D eigenvalue weighted by molar-refractivity contribution is 6.35. The molecule has 1 aromatic heterocycles. The summed E-state index contributed by atoms with van der Waals surface area (Å²) in [5, 5.41) is 0.801. The number of hydrogen-bond acceptors (Lipinski definition) is 2. The van der Waals surface area contributed by atoms with Gasteiger partial charge in [-0.15, -0.1) is 0 Å². The summed E-state index contributed by atoms with van der Waals surface area (Å²) in [7, 11) is 1.96. The summed E-state index contributed by atoms with van der Waals surface area (Å²) in [6, 6.07) is 18.7. The third-order valence-electron chi connectivity index (χ3n) is 5.64. The SMILES string of the molecule is Cn1cccc1CN(Cc1ccccc1)C(=O)CN(C(=O)c1cc(Cl)cc(Cl)c1)C1CC1. The largest absolute Gasteiger partial charge is 0.353 e. The van der Waals surface area contributed by atoms with Crippen LogP contribution in [0.5, 0.6) is 0 Å². The van der Waals surface area contributed by atoms with Gasteiger partial charge in [0.2, 0.25) is 5.91 Å². The third kappa shape index (κ3) is 5.53. The molecule has 0 atom stereocenters. The lowest BCUT2D eigenvalue weighted by atomic mass is 10.2. The van der Waals surface area contributed by atoms with Crippen LogP contribution in [0.2, 0.25) is 10.0 Å². The van der Waals surface area contributed by atoms with Gasteiger partial charge < -0.3 is 14.4 Å². The van der Waals surface area contributed by atoms with Crippen molar-refractivity contribution >= 4 is 35.0 Å². The highest BCUT2D eigenvalue weighted by Crippen LogP contribution is 2.30. The predicted octanol–water partition coefficient (Wildman–Crippen LogP) is 5.17. The van der Waals surface area contributed by atoms with E-state index >= 15 is 0 Å². The summed E-state index contributed by atoms with van der Waals surface area (Å²) in [6.07, 6.45) is 3.75. The summed E-state index contributed by atoms with van der Waals surface area (Å²) in [6.45, 7) is 0.957. The molecule has 0 saturated heterocycles. The summed E-state index contributed by atoms with van der Waals surface area (Å²) in [5.74, 6) is -0.313. The molecule has 4 rings (SSSR count). The monoisotopic (exact) mass is 469 g/mol. The van der Waals surface area contributed by atoms with Crippen LogP contribution < -0.4 is 0 Å². The minimum absolute atomic E-state index is 0.0187. The molecule has 0 spiro atoms. The average molecular weight is 470 g/mol. The van der Waals surface area contributed by atoms with Gasteiger partial charge in [0.05, 0.1) is 6.54 Å². The van der Waals surface area contributed by atoms with Crippen molar-refractivity contribution < 1.29 is 9.59 Å². The quantitative estimate of drug-likeness (QED) is 0.456. The molecule has 0 bridgehead atoms. The molecule has 5 nitrogen and oxygen atoms in total. The molecule has 1 saturated carbocycles. The maximum atomic E-state index is 13.5. The van der Waals surface area contributed by atoms with E-state index in [1.54, 1.807) is 28.0 Å². The second-order valence-electron chi connectivity index (χ2n) is 8.17. The normalized spacial score (nSPS) is 13.1. The number of aromatic nitrogens is 1. The Hall–Kier alpha value is -2.76. The minimum atomic E-state index is -0.219. The van der Waals surface area contributed by atoms with E-state index in [-0.39, 0.29) is 24.4 Å². The Morgan fingerprint density at radius 2 is 1.66 bits per heavy atom. The molecule has 0 N–H and O–H groups in total. The van der Waals surface area contributed by atoms with Gasteiger partial charge in [0, 0.05) is 47.1 Å². The van der Waals surface area contributed by atoms with Gasteiger partial charge in [-0.2, -0.15) is 0 Å². The molecule has 32 heavy (non-hydrogen) atoms. The summed E-state index contributed by atoms with van der Waals surface area (Å²) in [4.78, 5) is 30.2. The highest BCUT2D eigenvalue weighted by atomic mass is 35.5. The van der Waals surface area contributed by atoms with Crippen LogP contribution in [0.25, 0.3) is 0 Å². The van der Waals surface area contributed by atoms with E-state index in [0.29, 0.717) is 28.7 Å². The van der Waals surface area contributed by atoms with Crippen molar-refractivity contribution in [2.24, 2.45) is 7.05 Å². The van der Waals surface area contributed by atoms with Gasteiger partial charge in [-0.3, -0.25) is 9.59 Å². The number of aryl methyl sites for hydroxylation is 1. The van der Waals surface area contributed by atoms with Crippen LogP contribution in [0, 0.1) is 0 Å². The molecule has 0 aliphatic heterocycles. The number of benzene rings is 2. The molecule has 2 aromatic carbocycles. The molecule has 0 unspecified atom stereocenters. The van der Waals surface area contributed by atoms with Gasteiger partial charge >= 0.3 is 0 Å². The fraction of sp³-hybridized carbons (Fsp3) is 0.280. The second-order valence-corrected chi connectivity index (χ2v) is 9.04. The van der Waals surface area contributed by atoms with Gasteiger partial charge in [0.1, 0.15) is 6.54 Å². The lowest BCUT2D eigenvalue weighted by Gasteiger charge is -2.28. The van der Waals surface area contributed by atoms with Crippen molar-refractivity contribution in [1.82, 2.24) is 14.4 Å². The van der Waals surface area contributed by atoms with Gasteiger partial charge in [-0.05, 0) is 48.7 Å². The van der Waals surface area contributed by atoms with Crippen LogP contribution in [-0.2, 0) is 24.9 Å². The van der Waals surface area contributed by atoms with Crippen molar-refractivity contribution in [1.29, 1.82) is 0 Å². The molecule has 1 aliphatic carbocycles. The van der Waals surface area contributed by atoms with Crippen LogP contribution in [0.15, 0.2) is 66.9 Å². The Morgan fingerprint density at radius 1 is 0.969 bits per heavy atom. The molecular weight excluding hydrogens is 445 g/mol. The number of carbonyl (C=O) groups excluding carboxylic acids is 2. The van der Waals surface area contributed by atoms with Crippen LogP contribution in [-0.4, -0.2) is 38.8 Å². The van der Waals surface area contributed by atoms with Crippen molar-refractivity contribution in [2.45, 2.75) is 32.0 Å². The molecule has 1 heterocycles. The molecule has 3 aromatic rings. The zero-order chi connectivity index (χ0) is 22.7. The summed E-state index contributed by atoms with van der Waals surface area (Å²) in [5.41, 5.74) is 2.47. The molecule has 166 valence electrons. The number of nitrogens with zero attached hydrogens (tertiary/aromatic N) is 3. The van der Waals surface area contributed by atoms with E-state index in [1.165, 1.54) is 0 Å². The van der Waals surface area contributed by atoms with Crippen LogP contribution in [0.4, 0.5) is 0 Å². The fourth-order valence-corrected chi connectivity index (χ4v) is 4.26. The Morgan fingerprint density at radius 3 is 2.25 bits per heavy atom. The first-order chi connectivity index (χ1) is 15.4. The average Bonchev–Trinajstić information content (AvgIpc) is 3.53. The van der Waals surface area contributed by atoms with Crippen molar-refractivity contribution in [3.8, 4) is 0 Å². The predicted molar refractivity (Wildman–Crippen MR) is 127 cm³/mol. The number of hydrogen-bond donors (Lipinski definition) is 0. The van der Waals surface area contributed by atoms with E-state index in [4.69, 9.17) is 23.2 Å². The van der Waals surface area contributed by atoms with Crippen molar-refractivity contribution in [3.63, 3.8) is 0 Å². The molecule has 2 amide bonds. The molecule has 0 radical (unpaired) electrons. The van der Waals surface area contributed by atoms with Gasteiger partial charge in [-0.25, -0.2) is 0 Å². The molecule has 1 aliphatic rings. The van der Waals surface area contributed by atoms with Crippen LogP contribution in [0.1, 0.15) is 34.5 Å². The zero-order valence-electron chi connectivity index (χ0n) is 17.9. The first-order valence-corrected chi connectivity index (χ1v) is 11.4. The van der Waals surface area contributed by atoms with Crippen molar-refractivity contribution in [3.05, 3.63) is 93.7 Å². The van der Waals surface area contributed by atoms with E-state index in [2.05, 4.69) is 0 Å². The number of amides is 2. The maximum absolute atomic E-state index is 13.5. The first kappa shape index (κ1) is 22.4. The van der Waals surface area contributed by atoms with E-state index in [1.807, 2.05) is 60.3 Å². The van der Waals surface area contributed by atoms with E-state index in [9.17, 15) is 9.59 Å². The van der Waals surface area contributed by atoms with Crippen LogP contribution >= 0.6 is 23.2 Å². The number of halogens is 2. The van der Waals surface area contributed by atoms with Gasteiger partial charge in [0.25, 0.3) is 5.91 Å². The first-order valence-electron chi connectivity index (χ1n) is 10.6. The minimum Gasteiger partial charge on any atom is -0.353 e. The number of rotatable bonds is 8. The highest BCUT2D eigenvalue weighted by Gasteiger charge is 2.35. The number of carbonyl (C=O) groups is 2. The smallest absolute Gasteiger partial charge is 0.254 e. The maximum Gasteiger partial charge on any atom is 0.254 e. The van der Waals surface area contributed by atoms with Gasteiger partial charge in [-0.1, -0.05) is 53.5 Å². The van der Waals surface area contributed by atoms with Gasteiger partial charge in [0.15, 0.2) is 0 Å². The Bertz CT molecular complexity index is 1090. The van der Waals surface area contributed by atoms with Crippen molar-refractivity contribution in [2.75, 3.05) is 6.54 Å². The van der Waals surface area contributed by atoms with E-state index in [0.717, 1.165) is 24.1 Å². The lowest BCUT2D eigenvalue weighted by molar-refractivity contribution is -0.133. The second kappa shape index (κ2) is 9.80. The lowest BCUT2D eigenvalue weighted by Crippen LogP contribution is -2.43. The molecule has 1 fully saturated rings. The Balaban J connectivity index is 1.55. The molecular formula is C25H25Cl2N3O2. The standard InChI is InChI=1S/C25H25Cl2N3O2/c1-28-11-5-8-23(28)16-29(15-18-6-3-2-4-7-18)24(31)17-30(22-9-10-22)25(32)19-12-20(26)14-21(27)13-19/h2-8,11-14,22H,9-10,15-17H2,1H3. The molecule has 7 heteroatoms. The Labute approximate surface area is 198 Å². The summed E-state index contributed by atoms with van der Waals surface area (Å²) < 4.78 is 2.00. The van der Waals surface area contributed by atoms with Crippen LogP contribution in [0.3, 0.4) is 0 Å². The Kier molecular flexibility index (Phi) is 6.87. The summed E-state index contributed by atoms with van der Waals surface area (Å²) >= 11 is 12.2. The van der Waals surface area contributed by atoms with E-state index < -0.39 is 0 Å². The third-order valence-corrected chi connectivity index (χ3v) is 6.07.